The molecule has 1 rings (SSSR count). The number of rotatable bonds is 9. The first-order chi connectivity index (χ1) is 11.6. The molecule has 1 aromatic carbocycles. The maximum atomic E-state index is 12.1. The van der Waals surface area contributed by atoms with Gasteiger partial charge in [-0.05, 0) is 25.0 Å². The molecular weight excluding hydrogens is 349 g/mol. The highest BCUT2D eigenvalue weighted by Gasteiger charge is 2.29. The van der Waals surface area contributed by atoms with E-state index in [4.69, 9.17) is 5.11 Å². The summed E-state index contributed by atoms with van der Waals surface area (Å²) >= 11 is 0. The molecule has 1 aromatic rings. The topological polar surface area (TPSA) is 119 Å². The monoisotopic (exact) mass is 364 g/mol. The lowest BCUT2D eigenvalue weighted by molar-refractivity contribution is -0.385. The highest BCUT2D eigenvalue weighted by molar-refractivity contribution is 5.98. The van der Waals surface area contributed by atoms with E-state index in [9.17, 15) is 32.9 Å². The van der Waals surface area contributed by atoms with Crippen molar-refractivity contribution in [3.63, 3.8) is 0 Å². The van der Waals surface area contributed by atoms with Gasteiger partial charge in [-0.3, -0.25) is 19.7 Å². The Morgan fingerprint density at radius 3 is 2.52 bits per heavy atom. The van der Waals surface area contributed by atoms with Crippen LogP contribution in [-0.2, 0) is 4.79 Å². The van der Waals surface area contributed by atoms with Crippen LogP contribution in [0.3, 0.4) is 0 Å². The van der Waals surface area contributed by atoms with Crippen LogP contribution in [0, 0.1) is 10.1 Å². The van der Waals surface area contributed by atoms with Crippen molar-refractivity contribution in [2.75, 3.05) is 13.2 Å². The van der Waals surface area contributed by atoms with E-state index in [-0.39, 0.29) is 18.7 Å². The standard InChI is InChI=1S/C14H15F3N2O6/c15-14(16,17)8-25-9-4-5-11(19(23)24)10(7-9)13(22)18-6-2-1-3-12(20)21/h4-5,7H,1-3,6,8H2,(H,18,22)(H,20,21). The van der Waals surface area contributed by atoms with Crippen LogP contribution in [0.2, 0.25) is 0 Å². The second-order valence-corrected chi connectivity index (χ2v) is 4.95. The number of unbranched alkanes of at least 4 members (excludes halogenated alkanes) is 1. The first kappa shape index (κ1) is 20.2. The molecule has 0 spiro atoms. The smallest absolute Gasteiger partial charge is 0.422 e. The summed E-state index contributed by atoms with van der Waals surface area (Å²) in [6.45, 7) is -1.53. The first-order valence-electron chi connectivity index (χ1n) is 7.08. The molecule has 0 aliphatic heterocycles. The number of nitro groups is 1. The Balaban J connectivity index is 2.77. The van der Waals surface area contributed by atoms with Crippen molar-refractivity contribution >= 4 is 17.6 Å². The number of carboxylic acids is 1. The number of hydrogen-bond donors (Lipinski definition) is 2. The van der Waals surface area contributed by atoms with E-state index in [1.54, 1.807) is 0 Å². The number of aliphatic carboxylic acids is 1. The SMILES string of the molecule is O=C(O)CCCCNC(=O)c1cc(OCC(F)(F)F)ccc1[N+](=O)[O-]. The molecule has 25 heavy (non-hydrogen) atoms. The third-order valence-corrected chi connectivity index (χ3v) is 2.91. The van der Waals surface area contributed by atoms with Gasteiger partial charge < -0.3 is 15.2 Å². The summed E-state index contributed by atoms with van der Waals surface area (Å²) in [5.74, 6) is -2.19. The third-order valence-electron chi connectivity index (χ3n) is 2.91. The van der Waals surface area contributed by atoms with Crippen molar-refractivity contribution in [3.05, 3.63) is 33.9 Å². The molecule has 0 atom stereocenters. The molecule has 0 radical (unpaired) electrons. The number of alkyl halides is 3. The molecule has 0 saturated heterocycles. The number of amides is 1. The summed E-state index contributed by atoms with van der Waals surface area (Å²) in [6.07, 6.45) is -4.05. The van der Waals surface area contributed by atoms with Gasteiger partial charge in [-0.15, -0.1) is 0 Å². The fraction of sp³-hybridized carbons (Fsp3) is 0.429. The minimum atomic E-state index is -4.59. The molecule has 0 unspecified atom stereocenters. The van der Waals surface area contributed by atoms with E-state index >= 15 is 0 Å². The van der Waals surface area contributed by atoms with Gasteiger partial charge >= 0.3 is 12.1 Å². The second-order valence-electron chi connectivity index (χ2n) is 4.95. The largest absolute Gasteiger partial charge is 0.484 e. The lowest BCUT2D eigenvalue weighted by Gasteiger charge is -2.11. The number of benzene rings is 1. The van der Waals surface area contributed by atoms with E-state index in [0.717, 1.165) is 18.2 Å². The number of nitrogens with one attached hydrogen (secondary N) is 1. The van der Waals surface area contributed by atoms with Crippen LogP contribution < -0.4 is 10.1 Å². The van der Waals surface area contributed by atoms with Crippen LogP contribution in [0.5, 0.6) is 5.75 Å². The fourth-order valence-electron chi connectivity index (χ4n) is 1.81. The summed E-state index contributed by atoms with van der Waals surface area (Å²) < 4.78 is 40.9. The van der Waals surface area contributed by atoms with Crippen LogP contribution >= 0.6 is 0 Å². The molecule has 0 saturated carbocycles. The molecule has 1 amide bonds. The van der Waals surface area contributed by atoms with E-state index in [2.05, 4.69) is 10.1 Å². The summed E-state index contributed by atoms with van der Waals surface area (Å²) in [7, 11) is 0. The van der Waals surface area contributed by atoms with E-state index in [1.807, 2.05) is 0 Å². The van der Waals surface area contributed by atoms with Gasteiger partial charge in [-0.1, -0.05) is 0 Å². The molecule has 0 heterocycles. The van der Waals surface area contributed by atoms with E-state index in [0.29, 0.717) is 12.8 Å². The summed E-state index contributed by atoms with van der Waals surface area (Å²) in [5, 5.41) is 21.8. The van der Waals surface area contributed by atoms with Crippen LogP contribution in [0.4, 0.5) is 18.9 Å². The highest BCUT2D eigenvalue weighted by Crippen LogP contribution is 2.25. The van der Waals surface area contributed by atoms with Crippen molar-refractivity contribution in [3.8, 4) is 5.75 Å². The zero-order chi connectivity index (χ0) is 19.0. The van der Waals surface area contributed by atoms with Crippen molar-refractivity contribution in [2.24, 2.45) is 0 Å². The summed E-state index contributed by atoms with van der Waals surface area (Å²) in [6, 6.07) is 2.70. The van der Waals surface area contributed by atoms with Crippen LogP contribution in [0.15, 0.2) is 18.2 Å². The Kier molecular flexibility index (Phi) is 7.15. The van der Waals surface area contributed by atoms with Gasteiger partial charge in [0.05, 0.1) is 4.92 Å². The molecule has 138 valence electrons. The van der Waals surface area contributed by atoms with E-state index < -0.39 is 40.8 Å². The number of nitrogens with zero attached hydrogens (tertiary/aromatic N) is 1. The van der Waals surface area contributed by atoms with Gasteiger partial charge in [0.1, 0.15) is 11.3 Å². The van der Waals surface area contributed by atoms with Crippen LogP contribution in [-0.4, -0.2) is 41.2 Å². The molecule has 0 aliphatic carbocycles. The number of carbonyl (C=O) groups is 2. The van der Waals surface area contributed by atoms with Crippen LogP contribution in [0.1, 0.15) is 29.6 Å². The average Bonchev–Trinajstić information content (AvgIpc) is 2.51. The van der Waals surface area contributed by atoms with Gasteiger partial charge in [0, 0.05) is 19.0 Å². The predicted molar refractivity (Wildman–Crippen MR) is 78.5 cm³/mol. The lowest BCUT2D eigenvalue weighted by Crippen LogP contribution is -2.25. The number of hydrogen-bond acceptors (Lipinski definition) is 5. The zero-order valence-corrected chi connectivity index (χ0v) is 12.8. The first-order valence-corrected chi connectivity index (χ1v) is 7.08. The third kappa shape index (κ3) is 7.50. The minimum absolute atomic E-state index is 0.0664. The fourth-order valence-corrected chi connectivity index (χ4v) is 1.81. The van der Waals surface area contributed by atoms with Crippen molar-refractivity contribution in [2.45, 2.75) is 25.4 Å². The molecule has 0 bridgehead atoms. The number of ether oxygens (including phenoxy) is 1. The molecule has 0 aliphatic rings. The predicted octanol–water partition coefficient (Wildman–Crippen LogP) is 2.52. The van der Waals surface area contributed by atoms with Crippen molar-refractivity contribution in [1.29, 1.82) is 0 Å². The van der Waals surface area contributed by atoms with E-state index in [1.165, 1.54) is 0 Å². The maximum absolute atomic E-state index is 12.1. The number of halogens is 3. The molecule has 2 N–H and O–H groups in total. The van der Waals surface area contributed by atoms with Gasteiger partial charge in [0.15, 0.2) is 6.61 Å². The van der Waals surface area contributed by atoms with Crippen LogP contribution in [0.25, 0.3) is 0 Å². The van der Waals surface area contributed by atoms with Gasteiger partial charge in [-0.25, -0.2) is 0 Å². The quantitative estimate of drug-likeness (QED) is 0.395. The number of carbonyl (C=O) groups excluding carboxylic acids is 1. The summed E-state index contributed by atoms with van der Waals surface area (Å²) in [4.78, 5) is 32.5. The maximum Gasteiger partial charge on any atom is 0.422 e. The van der Waals surface area contributed by atoms with Gasteiger partial charge in [0.2, 0.25) is 0 Å². The van der Waals surface area contributed by atoms with Gasteiger partial charge in [-0.2, -0.15) is 13.2 Å². The Labute approximate surface area is 139 Å². The second kappa shape index (κ2) is 8.85. The zero-order valence-electron chi connectivity index (χ0n) is 12.8. The summed E-state index contributed by atoms with van der Waals surface area (Å²) in [5.41, 5.74) is -1.02. The molecule has 8 nitrogen and oxygen atoms in total. The molecule has 11 heteroatoms. The minimum Gasteiger partial charge on any atom is -0.484 e. The molecule has 0 fully saturated rings. The number of nitro benzene ring substituents is 1. The Morgan fingerprint density at radius 1 is 1.28 bits per heavy atom. The number of carboxylic acid groups (broad SMARTS) is 1. The average molecular weight is 364 g/mol. The Bertz CT molecular complexity index is 648. The molecular formula is C14H15F3N2O6. The van der Waals surface area contributed by atoms with Gasteiger partial charge in [0.25, 0.3) is 11.6 Å². The lowest BCUT2D eigenvalue weighted by atomic mass is 10.1. The Hall–Kier alpha value is -2.85. The molecule has 0 aromatic heterocycles. The van der Waals surface area contributed by atoms with Crippen molar-refractivity contribution < 1.29 is 37.5 Å². The van der Waals surface area contributed by atoms with Crippen molar-refractivity contribution in [1.82, 2.24) is 5.32 Å². The highest BCUT2D eigenvalue weighted by atomic mass is 19.4. The normalized spacial score (nSPS) is 11.0. The Morgan fingerprint density at radius 2 is 1.96 bits per heavy atom.